The predicted molar refractivity (Wildman–Crippen MR) is 124 cm³/mol. The average molecular weight is 414 g/mol. The summed E-state index contributed by atoms with van der Waals surface area (Å²) in [7, 11) is 3.24. The van der Waals surface area contributed by atoms with Gasteiger partial charge in [-0.3, -0.25) is 0 Å². The molecule has 0 aromatic heterocycles. The monoisotopic (exact) mass is 413 g/mol. The molecule has 2 aromatic rings. The van der Waals surface area contributed by atoms with Crippen molar-refractivity contribution in [1.82, 2.24) is 5.32 Å². The van der Waals surface area contributed by atoms with Crippen LogP contribution in [0.1, 0.15) is 38.3 Å². The molecule has 5 nitrogen and oxygen atoms in total. The molecule has 3 rings (SSSR count). The quantitative estimate of drug-likeness (QED) is 0.651. The van der Waals surface area contributed by atoms with Crippen LogP contribution in [0.2, 0.25) is 0 Å². The number of ether oxygens (including phenoxy) is 2. The lowest BCUT2D eigenvalue weighted by Crippen LogP contribution is -2.34. The number of piperidine rings is 1. The molecule has 1 fully saturated rings. The predicted octanol–water partition coefficient (Wildman–Crippen LogP) is 4.99. The van der Waals surface area contributed by atoms with E-state index in [-0.39, 0.29) is 6.04 Å². The highest BCUT2D eigenvalue weighted by Crippen LogP contribution is 2.30. The second kappa shape index (κ2) is 9.83. The molecule has 2 aromatic carbocycles. The minimum atomic E-state index is 0.101. The van der Waals surface area contributed by atoms with Gasteiger partial charge in [0, 0.05) is 30.5 Å². The van der Waals surface area contributed by atoms with Crippen LogP contribution in [0.25, 0.3) is 0 Å². The van der Waals surface area contributed by atoms with Gasteiger partial charge in [-0.2, -0.15) is 0 Å². The Morgan fingerprint density at radius 1 is 1.10 bits per heavy atom. The van der Waals surface area contributed by atoms with Crippen LogP contribution in [0.3, 0.4) is 0 Å². The summed E-state index contributed by atoms with van der Waals surface area (Å²) in [6.45, 7) is 6.74. The highest BCUT2D eigenvalue weighted by molar-refractivity contribution is 7.80. The Bertz CT molecular complexity index is 825. The van der Waals surface area contributed by atoms with E-state index in [1.165, 1.54) is 24.1 Å². The van der Waals surface area contributed by atoms with Crippen molar-refractivity contribution in [3.63, 3.8) is 0 Å². The SMILES string of the molecule is COc1ccc(NC(=S)N[C@@H](C)c2ccc(N3CCC[C@H](C)C3)cc2)cc1OC. The molecule has 29 heavy (non-hydrogen) atoms. The summed E-state index contributed by atoms with van der Waals surface area (Å²) in [5.41, 5.74) is 3.36. The molecule has 0 aliphatic carbocycles. The third-order valence-electron chi connectivity index (χ3n) is 5.40. The van der Waals surface area contributed by atoms with Crippen LogP contribution >= 0.6 is 12.2 Å². The first-order valence-corrected chi connectivity index (χ1v) is 10.6. The van der Waals surface area contributed by atoms with E-state index in [4.69, 9.17) is 21.7 Å². The minimum absolute atomic E-state index is 0.101. The van der Waals surface area contributed by atoms with Gasteiger partial charge in [0.2, 0.25) is 0 Å². The van der Waals surface area contributed by atoms with Crippen molar-refractivity contribution in [1.29, 1.82) is 0 Å². The summed E-state index contributed by atoms with van der Waals surface area (Å²) >= 11 is 5.49. The van der Waals surface area contributed by atoms with E-state index in [1.54, 1.807) is 14.2 Å². The van der Waals surface area contributed by atoms with Crippen molar-refractivity contribution in [2.45, 2.75) is 32.7 Å². The zero-order chi connectivity index (χ0) is 20.8. The fourth-order valence-electron chi connectivity index (χ4n) is 3.76. The topological polar surface area (TPSA) is 45.8 Å². The van der Waals surface area contributed by atoms with Gasteiger partial charge < -0.3 is 25.0 Å². The highest BCUT2D eigenvalue weighted by Gasteiger charge is 2.17. The lowest BCUT2D eigenvalue weighted by atomic mass is 9.99. The number of nitrogens with one attached hydrogen (secondary N) is 2. The molecule has 1 saturated heterocycles. The lowest BCUT2D eigenvalue weighted by Gasteiger charge is -2.33. The van der Waals surface area contributed by atoms with Crippen molar-refractivity contribution in [2.24, 2.45) is 5.92 Å². The standard InChI is InChI=1S/C23H31N3O2S/c1-16-6-5-13-26(15-16)20-10-7-18(8-11-20)17(2)24-23(29)25-19-9-12-21(27-3)22(14-19)28-4/h7-12,14,16-17H,5-6,13,15H2,1-4H3,(H2,24,25,29)/t16-,17-/m0/s1. The molecular weight excluding hydrogens is 382 g/mol. The first-order valence-electron chi connectivity index (χ1n) is 10.1. The van der Waals surface area contributed by atoms with Gasteiger partial charge in [-0.25, -0.2) is 0 Å². The van der Waals surface area contributed by atoms with E-state index >= 15 is 0 Å². The first-order chi connectivity index (χ1) is 14.0. The van der Waals surface area contributed by atoms with Gasteiger partial charge in [0.15, 0.2) is 16.6 Å². The van der Waals surface area contributed by atoms with Crippen molar-refractivity contribution < 1.29 is 9.47 Å². The van der Waals surface area contributed by atoms with Gasteiger partial charge in [0.1, 0.15) is 0 Å². The van der Waals surface area contributed by atoms with E-state index in [0.29, 0.717) is 16.6 Å². The van der Waals surface area contributed by atoms with Crippen LogP contribution in [0.15, 0.2) is 42.5 Å². The molecule has 0 bridgehead atoms. The van der Waals surface area contributed by atoms with Crippen LogP contribution in [0.4, 0.5) is 11.4 Å². The molecule has 2 atom stereocenters. The van der Waals surface area contributed by atoms with Gasteiger partial charge in [-0.05, 0) is 67.7 Å². The number of benzene rings is 2. The normalized spacial score (nSPS) is 17.4. The average Bonchev–Trinajstić information content (AvgIpc) is 2.73. The Morgan fingerprint density at radius 2 is 1.83 bits per heavy atom. The Labute approximate surface area is 179 Å². The van der Waals surface area contributed by atoms with E-state index in [0.717, 1.165) is 24.7 Å². The second-order valence-electron chi connectivity index (χ2n) is 7.67. The fourth-order valence-corrected chi connectivity index (χ4v) is 4.05. The third-order valence-corrected chi connectivity index (χ3v) is 5.62. The largest absolute Gasteiger partial charge is 0.493 e. The molecule has 0 spiro atoms. The number of nitrogens with zero attached hydrogens (tertiary/aromatic N) is 1. The molecule has 2 N–H and O–H groups in total. The molecule has 6 heteroatoms. The van der Waals surface area contributed by atoms with Gasteiger partial charge in [0.05, 0.1) is 20.3 Å². The Hall–Kier alpha value is -2.47. The maximum atomic E-state index is 5.49. The maximum absolute atomic E-state index is 5.49. The number of thiocarbonyl (C=S) groups is 1. The number of hydrogen-bond acceptors (Lipinski definition) is 4. The molecule has 0 saturated carbocycles. The van der Waals surface area contributed by atoms with Gasteiger partial charge in [0.25, 0.3) is 0 Å². The zero-order valence-corrected chi connectivity index (χ0v) is 18.5. The molecule has 1 aliphatic heterocycles. The minimum Gasteiger partial charge on any atom is -0.493 e. The van der Waals surface area contributed by atoms with Crippen LogP contribution < -0.4 is 25.0 Å². The van der Waals surface area contributed by atoms with Crippen LogP contribution in [-0.2, 0) is 0 Å². The van der Waals surface area contributed by atoms with Crippen molar-refractivity contribution in [3.05, 3.63) is 48.0 Å². The van der Waals surface area contributed by atoms with Gasteiger partial charge >= 0.3 is 0 Å². The molecule has 1 aliphatic rings. The summed E-state index contributed by atoms with van der Waals surface area (Å²) < 4.78 is 10.6. The van der Waals surface area contributed by atoms with E-state index in [1.807, 2.05) is 18.2 Å². The molecule has 0 radical (unpaired) electrons. The molecule has 0 unspecified atom stereocenters. The maximum Gasteiger partial charge on any atom is 0.171 e. The molecule has 156 valence electrons. The molecule has 1 heterocycles. The first kappa shape index (κ1) is 21.2. The van der Waals surface area contributed by atoms with Crippen molar-refractivity contribution in [2.75, 3.05) is 37.5 Å². The van der Waals surface area contributed by atoms with Gasteiger partial charge in [-0.1, -0.05) is 19.1 Å². The van der Waals surface area contributed by atoms with Gasteiger partial charge in [-0.15, -0.1) is 0 Å². The highest BCUT2D eigenvalue weighted by atomic mass is 32.1. The number of rotatable bonds is 6. The number of methoxy groups -OCH3 is 2. The van der Waals surface area contributed by atoms with E-state index < -0.39 is 0 Å². The Balaban J connectivity index is 1.58. The number of anilines is 2. The molecule has 0 amide bonds. The molecular formula is C23H31N3O2S. The van der Waals surface area contributed by atoms with Crippen molar-refractivity contribution in [3.8, 4) is 11.5 Å². The zero-order valence-electron chi connectivity index (χ0n) is 17.7. The van der Waals surface area contributed by atoms with Crippen LogP contribution in [-0.4, -0.2) is 32.4 Å². The number of hydrogen-bond donors (Lipinski definition) is 2. The van der Waals surface area contributed by atoms with E-state index in [9.17, 15) is 0 Å². The summed E-state index contributed by atoms with van der Waals surface area (Å²) in [5.74, 6) is 2.12. The summed E-state index contributed by atoms with van der Waals surface area (Å²) in [4.78, 5) is 2.49. The third kappa shape index (κ3) is 5.54. The Morgan fingerprint density at radius 3 is 2.48 bits per heavy atom. The fraction of sp³-hybridized carbons (Fsp3) is 0.435. The van der Waals surface area contributed by atoms with E-state index in [2.05, 4.69) is 53.6 Å². The second-order valence-corrected chi connectivity index (χ2v) is 8.08. The van der Waals surface area contributed by atoms with Crippen LogP contribution in [0.5, 0.6) is 11.5 Å². The lowest BCUT2D eigenvalue weighted by molar-refractivity contribution is 0.355. The Kier molecular flexibility index (Phi) is 7.20. The summed E-state index contributed by atoms with van der Waals surface area (Å²) in [5, 5.41) is 7.13. The smallest absolute Gasteiger partial charge is 0.171 e. The van der Waals surface area contributed by atoms with Crippen molar-refractivity contribution >= 4 is 28.7 Å². The van der Waals surface area contributed by atoms with Crippen LogP contribution in [0, 0.1) is 5.92 Å². The summed E-state index contributed by atoms with van der Waals surface area (Å²) in [6.07, 6.45) is 2.61. The summed E-state index contributed by atoms with van der Waals surface area (Å²) in [6, 6.07) is 14.5.